The van der Waals surface area contributed by atoms with Crippen molar-refractivity contribution in [1.29, 1.82) is 0 Å². The number of nitrogens with zero attached hydrogens (tertiary/aromatic N) is 1. The Kier molecular flexibility index (Phi) is 3.72. The molecule has 0 bridgehead atoms. The molecule has 0 N–H and O–H groups in total. The highest BCUT2D eigenvalue weighted by Gasteiger charge is 2.20. The molecule has 3 rings (SSSR count). The second-order valence-corrected chi connectivity index (χ2v) is 5.54. The van der Waals surface area contributed by atoms with Gasteiger partial charge in [0.15, 0.2) is 0 Å². The maximum Gasteiger partial charge on any atom is 0.143 e. The quantitative estimate of drug-likeness (QED) is 0.798. The van der Waals surface area contributed by atoms with Gasteiger partial charge in [0.25, 0.3) is 0 Å². The van der Waals surface area contributed by atoms with Gasteiger partial charge in [0.05, 0.1) is 11.8 Å². The number of rotatable bonds is 3. The molecule has 1 aliphatic heterocycles. The van der Waals surface area contributed by atoms with Crippen LogP contribution in [-0.4, -0.2) is 19.2 Å². The molecule has 1 saturated carbocycles. The first-order valence-corrected chi connectivity index (χ1v) is 7.44. The summed E-state index contributed by atoms with van der Waals surface area (Å²) in [6.45, 7) is 2.37. The summed E-state index contributed by atoms with van der Waals surface area (Å²) < 4.78 is 6.26. The van der Waals surface area contributed by atoms with E-state index >= 15 is 0 Å². The van der Waals surface area contributed by atoms with E-state index in [4.69, 9.17) is 4.74 Å². The topological polar surface area (TPSA) is 12.5 Å². The Morgan fingerprint density at radius 1 is 0.889 bits per heavy atom. The predicted molar refractivity (Wildman–Crippen MR) is 75.4 cm³/mol. The fourth-order valence-corrected chi connectivity index (χ4v) is 3.14. The minimum absolute atomic E-state index is 0.447. The third-order valence-electron chi connectivity index (χ3n) is 4.16. The molecule has 18 heavy (non-hydrogen) atoms. The lowest BCUT2D eigenvalue weighted by Crippen LogP contribution is -2.23. The first kappa shape index (κ1) is 11.9. The number of para-hydroxylation sites is 2. The number of hydrogen-bond acceptors (Lipinski definition) is 2. The molecule has 1 heterocycles. The minimum Gasteiger partial charge on any atom is -0.488 e. The Morgan fingerprint density at radius 2 is 1.61 bits per heavy atom. The Balaban J connectivity index is 1.73. The predicted octanol–water partition coefficient (Wildman–Crippen LogP) is 4.00. The first-order chi connectivity index (χ1) is 8.93. The molecule has 0 atom stereocenters. The van der Waals surface area contributed by atoms with Crippen molar-refractivity contribution in [3.05, 3.63) is 24.3 Å². The maximum absolute atomic E-state index is 6.26. The summed E-state index contributed by atoms with van der Waals surface area (Å²) in [5.74, 6) is 1.10. The molecule has 1 aromatic carbocycles. The lowest BCUT2D eigenvalue weighted by molar-refractivity contribution is 0.155. The third kappa shape index (κ3) is 2.63. The van der Waals surface area contributed by atoms with Gasteiger partial charge in [-0.15, -0.1) is 0 Å². The van der Waals surface area contributed by atoms with Crippen molar-refractivity contribution < 1.29 is 4.74 Å². The van der Waals surface area contributed by atoms with Gasteiger partial charge in [-0.05, 0) is 50.7 Å². The molecule has 0 spiro atoms. The summed E-state index contributed by atoms with van der Waals surface area (Å²) >= 11 is 0. The van der Waals surface area contributed by atoms with Gasteiger partial charge in [0.2, 0.25) is 0 Å². The van der Waals surface area contributed by atoms with Gasteiger partial charge in [-0.2, -0.15) is 0 Å². The van der Waals surface area contributed by atoms with Crippen LogP contribution in [0.4, 0.5) is 5.69 Å². The third-order valence-corrected chi connectivity index (χ3v) is 4.16. The second kappa shape index (κ2) is 5.64. The van der Waals surface area contributed by atoms with Crippen LogP contribution in [-0.2, 0) is 0 Å². The zero-order chi connectivity index (χ0) is 12.2. The SMILES string of the molecule is c1ccc(N2CCCC2)c(OC2CCCCC2)c1. The van der Waals surface area contributed by atoms with Gasteiger partial charge in [-0.1, -0.05) is 18.6 Å². The zero-order valence-corrected chi connectivity index (χ0v) is 11.1. The number of anilines is 1. The van der Waals surface area contributed by atoms with Gasteiger partial charge in [-0.25, -0.2) is 0 Å². The minimum atomic E-state index is 0.447. The van der Waals surface area contributed by atoms with E-state index < -0.39 is 0 Å². The zero-order valence-electron chi connectivity index (χ0n) is 11.1. The Labute approximate surface area is 110 Å². The van der Waals surface area contributed by atoms with Crippen molar-refractivity contribution >= 4 is 5.69 Å². The lowest BCUT2D eigenvalue weighted by Gasteiger charge is -2.27. The molecule has 0 unspecified atom stereocenters. The maximum atomic E-state index is 6.26. The highest BCUT2D eigenvalue weighted by molar-refractivity contribution is 5.58. The standard InChI is InChI=1S/C16H23NO/c1-2-8-14(9-3-1)18-16-11-5-4-10-15(16)17-12-6-7-13-17/h4-5,10-11,14H,1-3,6-9,12-13H2. The van der Waals surface area contributed by atoms with E-state index in [-0.39, 0.29) is 0 Å². The van der Waals surface area contributed by atoms with Crippen molar-refractivity contribution in [3.8, 4) is 5.75 Å². The Bertz CT molecular complexity index is 378. The van der Waals surface area contributed by atoms with Crippen LogP contribution in [0, 0.1) is 0 Å². The van der Waals surface area contributed by atoms with Crippen LogP contribution < -0.4 is 9.64 Å². The summed E-state index contributed by atoms with van der Waals surface area (Å²) in [6, 6.07) is 8.57. The smallest absolute Gasteiger partial charge is 0.143 e. The van der Waals surface area contributed by atoms with Crippen LogP contribution >= 0.6 is 0 Å². The van der Waals surface area contributed by atoms with E-state index in [9.17, 15) is 0 Å². The highest BCUT2D eigenvalue weighted by atomic mass is 16.5. The normalized spacial score (nSPS) is 21.2. The molecule has 2 heteroatoms. The van der Waals surface area contributed by atoms with Crippen LogP contribution in [0.2, 0.25) is 0 Å². The molecule has 2 fully saturated rings. The monoisotopic (exact) mass is 245 g/mol. The molecule has 1 saturated heterocycles. The molecule has 2 aliphatic rings. The van der Waals surface area contributed by atoms with Gasteiger partial charge < -0.3 is 9.64 Å². The Hall–Kier alpha value is -1.18. The number of hydrogen-bond donors (Lipinski definition) is 0. The second-order valence-electron chi connectivity index (χ2n) is 5.54. The van der Waals surface area contributed by atoms with Crippen LogP contribution in [0.1, 0.15) is 44.9 Å². The van der Waals surface area contributed by atoms with Gasteiger partial charge >= 0.3 is 0 Å². The van der Waals surface area contributed by atoms with Crippen molar-refractivity contribution in [2.24, 2.45) is 0 Å². The Morgan fingerprint density at radius 3 is 2.39 bits per heavy atom. The molecule has 0 radical (unpaired) electrons. The highest BCUT2D eigenvalue weighted by Crippen LogP contribution is 2.33. The largest absolute Gasteiger partial charge is 0.488 e. The molecule has 98 valence electrons. The molecular formula is C16H23NO. The fourth-order valence-electron chi connectivity index (χ4n) is 3.14. The molecule has 0 aromatic heterocycles. The fraction of sp³-hybridized carbons (Fsp3) is 0.625. The average Bonchev–Trinajstić information content (AvgIpc) is 2.94. The summed E-state index contributed by atoms with van der Waals surface area (Å²) in [5, 5.41) is 0. The van der Waals surface area contributed by atoms with Crippen molar-refractivity contribution in [3.63, 3.8) is 0 Å². The van der Waals surface area contributed by atoms with Crippen LogP contribution in [0.5, 0.6) is 5.75 Å². The van der Waals surface area contributed by atoms with E-state index in [0.29, 0.717) is 6.10 Å². The summed E-state index contributed by atoms with van der Waals surface area (Å²) in [5.41, 5.74) is 1.31. The summed E-state index contributed by atoms with van der Waals surface area (Å²) in [4.78, 5) is 2.47. The van der Waals surface area contributed by atoms with Crippen molar-refractivity contribution in [1.82, 2.24) is 0 Å². The number of benzene rings is 1. The van der Waals surface area contributed by atoms with E-state index in [0.717, 1.165) is 5.75 Å². The summed E-state index contributed by atoms with van der Waals surface area (Å²) in [7, 11) is 0. The molecule has 1 aromatic rings. The average molecular weight is 245 g/mol. The van der Waals surface area contributed by atoms with E-state index in [1.54, 1.807) is 0 Å². The molecule has 2 nitrogen and oxygen atoms in total. The molecule has 1 aliphatic carbocycles. The summed E-state index contributed by atoms with van der Waals surface area (Å²) in [6.07, 6.45) is 9.58. The number of ether oxygens (including phenoxy) is 1. The van der Waals surface area contributed by atoms with Crippen LogP contribution in [0.15, 0.2) is 24.3 Å². The van der Waals surface area contributed by atoms with E-state index in [2.05, 4.69) is 29.2 Å². The van der Waals surface area contributed by atoms with Gasteiger partial charge in [-0.3, -0.25) is 0 Å². The van der Waals surface area contributed by atoms with Crippen LogP contribution in [0.3, 0.4) is 0 Å². The van der Waals surface area contributed by atoms with E-state index in [1.807, 2.05) is 0 Å². The van der Waals surface area contributed by atoms with Gasteiger partial charge in [0, 0.05) is 13.1 Å². The van der Waals surface area contributed by atoms with Gasteiger partial charge in [0.1, 0.15) is 5.75 Å². The van der Waals surface area contributed by atoms with Crippen molar-refractivity contribution in [2.75, 3.05) is 18.0 Å². The van der Waals surface area contributed by atoms with Crippen molar-refractivity contribution in [2.45, 2.75) is 51.0 Å². The first-order valence-electron chi connectivity index (χ1n) is 7.44. The molecular weight excluding hydrogens is 222 g/mol. The molecule has 0 amide bonds. The van der Waals surface area contributed by atoms with E-state index in [1.165, 1.54) is 63.7 Å². The lowest BCUT2D eigenvalue weighted by atomic mass is 9.98. The van der Waals surface area contributed by atoms with Crippen LogP contribution in [0.25, 0.3) is 0 Å².